The third-order valence-electron chi connectivity index (χ3n) is 3.59. The smallest absolute Gasteiger partial charge is 0.128 e. The zero-order valence-electron chi connectivity index (χ0n) is 13.2. The Balaban J connectivity index is 1.39. The van der Waals surface area contributed by atoms with Crippen molar-refractivity contribution < 1.29 is 9.47 Å². The lowest BCUT2D eigenvalue weighted by atomic mass is 10.2. The molecule has 23 heavy (non-hydrogen) atoms. The van der Waals surface area contributed by atoms with E-state index in [0.29, 0.717) is 13.2 Å². The fourth-order valence-corrected chi connectivity index (χ4v) is 2.39. The number of amidine groups is 1. The molecule has 0 saturated carbocycles. The van der Waals surface area contributed by atoms with Crippen LogP contribution < -0.4 is 14.8 Å². The lowest BCUT2D eigenvalue weighted by molar-refractivity contribution is 0.247. The van der Waals surface area contributed by atoms with Crippen molar-refractivity contribution in [2.75, 3.05) is 26.3 Å². The highest BCUT2D eigenvalue weighted by Gasteiger charge is 2.06. The van der Waals surface area contributed by atoms with Crippen molar-refractivity contribution in [2.45, 2.75) is 12.8 Å². The number of para-hydroxylation sites is 1. The molecule has 0 fully saturated rings. The average Bonchev–Trinajstić information content (AvgIpc) is 2.64. The molecule has 120 valence electrons. The molecule has 0 unspecified atom stereocenters. The normalized spacial score (nSPS) is 13.8. The van der Waals surface area contributed by atoms with Gasteiger partial charge in [-0.25, -0.2) is 0 Å². The van der Waals surface area contributed by atoms with E-state index in [2.05, 4.69) is 10.3 Å². The van der Waals surface area contributed by atoms with Gasteiger partial charge in [0, 0.05) is 25.1 Å². The number of hydrogen-bond donors (Lipinski definition) is 1. The molecule has 3 rings (SSSR count). The number of benzene rings is 2. The lowest BCUT2D eigenvalue weighted by Gasteiger charge is -2.15. The van der Waals surface area contributed by atoms with Gasteiger partial charge in [-0.15, -0.1) is 0 Å². The number of nitrogens with zero attached hydrogens (tertiary/aromatic N) is 1. The molecule has 1 N–H and O–H groups in total. The van der Waals surface area contributed by atoms with Crippen molar-refractivity contribution >= 4 is 5.84 Å². The highest BCUT2D eigenvalue weighted by Crippen LogP contribution is 2.14. The van der Waals surface area contributed by atoms with Gasteiger partial charge in [-0.3, -0.25) is 4.99 Å². The third-order valence-corrected chi connectivity index (χ3v) is 3.59. The van der Waals surface area contributed by atoms with Gasteiger partial charge in [0.1, 0.15) is 17.3 Å². The van der Waals surface area contributed by atoms with Gasteiger partial charge in [0.15, 0.2) is 0 Å². The van der Waals surface area contributed by atoms with Gasteiger partial charge in [-0.1, -0.05) is 18.2 Å². The summed E-state index contributed by atoms with van der Waals surface area (Å²) in [5.41, 5.74) is 1.12. The number of ether oxygens (including phenoxy) is 2. The minimum absolute atomic E-state index is 0.644. The second kappa shape index (κ2) is 8.22. The summed E-state index contributed by atoms with van der Waals surface area (Å²) in [4.78, 5) is 4.49. The van der Waals surface area contributed by atoms with E-state index in [1.807, 2.05) is 54.6 Å². The van der Waals surface area contributed by atoms with Crippen LogP contribution in [0.3, 0.4) is 0 Å². The topological polar surface area (TPSA) is 42.9 Å². The Kier molecular flexibility index (Phi) is 5.51. The van der Waals surface area contributed by atoms with Crippen molar-refractivity contribution in [3.63, 3.8) is 0 Å². The fraction of sp³-hybridized carbons (Fsp3) is 0.316. The molecule has 4 nitrogen and oxygen atoms in total. The minimum atomic E-state index is 0.644. The van der Waals surface area contributed by atoms with Crippen LogP contribution in [0.4, 0.5) is 0 Å². The standard InChI is InChI=1S/C19H22N2O2/c1-2-6-17(7-3-1)22-14-5-15-23-18-10-8-16(9-11-18)19-20-12-4-13-21-19/h1-3,6-11H,4-5,12-15H2,(H,20,21). The number of nitrogens with one attached hydrogen (secondary N) is 1. The number of hydrogen-bond acceptors (Lipinski definition) is 4. The van der Waals surface area contributed by atoms with Gasteiger partial charge >= 0.3 is 0 Å². The summed E-state index contributed by atoms with van der Waals surface area (Å²) in [6.07, 6.45) is 1.96. The van der Waals surface area contributed by atoms with E-state index in [1.54, 1.807) is 0 Å². The first kappa shape index (κ1) is 15.4. The van der Waals surface area contributed by atoms with Crippen molar-refractivity contribution in [1.82, 2.24) is 5.32 Å². The molecule has 1 heterocycles. The van der Waals surface area contributed by atoms with E-state index in [1.165, 1.54) is 0 Å². The Morgan fingerprint density at radius 1 is 0.870 bits per heavy atom. The summed E-state index contributed by atoms with van der Waals surface area (Å²) in [5.74, 6) is 2.77. The molecule has 1 aliphatic rings. The number of aliphatic imine (C=N–C) groups is 1. The maximum atomic E-state index is 5.75. The van der Waals surface area contributed by atoms with Crippen molar-refractivity contribution in [3.05, 3.63) is 60.2 Å². The van der Waals surface area contributed by atoms with Crippen LogP contribution in [0.1, 0.15) is 18.4 Å². The van der Waals surface area contributed by atoms with Gasteiger partial charge in [0.2, 0.25) is 0 Å². The highest BCUT2D eigenvalue weighted by molar-refractivity contribution is 5.99. The molecule has 0 aromatic heterocycles. The molecule has 0 atom stereocenters. The SMILES string of the molecule is c1ccc(OCCCOc2ccc(C3=NCCCN3)cc2)cc1. The molecular weight excluding hydrogens is 288 g/mol. The van der Waals surface area contributed by atoms with E-state index in [-0.39, 0.29) is 0 Å². The van der Waals surface area contributed by atoms with Crippen LogP contribution in [-0.4, -0.2) is 32.1 Å². The summed E-state index contributed by atoms with van der Waals surface area (Å²) >= 11 is 0. The van der Waals surface area contributed by atoms with Gasteiger partial charge < -0.3 is 14.8 Å². The van der Waals surface area contributed by atoms with Gasteiger partial charge in [-0.05, 0) is 42.8 Å². The first-order valence-electron chi connectivity index (χ1n) is 8.11. The molecule has 0 spiro atoms. The molecule has 0 radical (unpaired) electrons. The third kappa shape index (κ3) is 4.74. The first-order valence-corrected chi connectivity index (χ1v) is 8.11. The van der Waals surface area contributed by atoms with E-state index in [9.17, 15) is 0 Å². The Bertz CT molecular complexity index is 624. The van der Waals surface area contributed by atoms with Gasteiger partial charge in [0.25, 0.3) is 0 Å². The van der Waals surface area contributed by atoms with Crippen LogP contribution in [0.15, 0.2) is 59.6 Å². The van der Waals surface area contributed by atoms with Crippen LogP contribution >= 0.6 is 0 Å². The van der Waals surface area contributed by atoms with E-state index < -0.39 is 0 Å². The Morgan fingerprint density at radius 3 is 2.22 bits per heavy atom. The maximum Gasteiger partial charge on any atom is 0.128 e. The molecule has 2 aromatic rings. The maximum absolute atomic E-state index is 5.75. The highest BCUT2D eigenvalue weighted by atomic mass is 16.5. The summed E-state index contributed by atoms with van der Waals surface area (Å²) in [6.45, 7) is 3.20. The molecule has 4 heteroatoms. The van der Waals surface area contributed by atoms with Crippen LogP contribution in [0.2, 0.25) is 0 Å². The van der Waals surface area contributed by atoms with E-state index >= 15 is 0 Å². The molecule has 2 aromatic carbocycles. The van der Waals surface area contributed by atoms with Crippen LogP contribution in [0.5, 0.6) is 11.5 Å². The van der Waals surface area contributed by atoms with E-state index in [4.69, 9.17) is 9.47 Å². The van der Waals surface area contributed by atoms with Crippen molar-refractivity contribution in [2.24, 2.45) is 4.99 Å². The Labute approximate surface area is 137 Å². The summed E-state index contributed by atoms with van der Waals surface area (Å²) in [6, 6.07) is 17.9. The summed E-state index contributed by atoms with van der Waals surface area (Å²) in [7, 11) is 0. The Hall–Kier alpha value is -2.49. The Morgan fingerprint density at radius 2 is 1.57 bits per heavy atom. The average molecular weight is 310 g/mol. The predicted octanol–water partition coefficient (Wildman–Crippen LogP) is 3.27. The number of rotatable bonds is 7. The van der Waals surface area contributed by atoms with E-state index in [0.717, 1.165) is 48.8 Å². The monoisotopic (exact) mass is 310 g/mol. The lowest BCUT2D eigenvalue weighted by Crippen LogP contribution is -2.30. The summed E-state index contributed by atoms with van der Waals surface area (Å²) < 4.78 is 11.4. The second-order valence-corrected chi connectivity index (χ2v) is 5.40. The quantitative estimate of drug-likeness (QED) is 0.798. The first-order chi connectivity index (χ1) is 11.4. The molecule has 0 aliphatic carbocycles. The summed E-state index contributed by atoms with van der Waals surface area (Å²) in [5, 5.41) is 3.32. The fourth-order valence-electron chi connectivity index (χ4n) is 2.39. The zero-order chi connectivity index (χ0) is 15.7. The van der Waals surface area contributed by atoms with Crippen molar-refractivity contribution in [1.29, 1.82) is 0 Å². The molecule has 0 saturated heterocycles. The molecular formula is C19H22N2O2. The predicted molar refractivity (Wildman–Crippen MR) is 92.5 cm³/mol. The van der Waals surface area contributed by atoms with Crippen LogP contribution in [-0.2, 0) is 0 Å². The van der Waals surface area contributed by atoms with Gasteiger partial charge in [0.05, 0.1) is 13.2 Å². The van der Waals surface area contributed by atoms with Gasteiger partial charge in [-0.2, -0.15) is 0 Å². The minimum Gasteiger partial charge on any atom is -0.493 e. The molecule has 0 amide bonds. The second-order valence-electron chi connectivity index (χ2n) is 5.40. The van der Waals surface area contributed by atoms with Crippen molar-refractivity contribution in [3.8, 4) is 11.5 Å². The van der Waals surface area contributed by atoms with Crippen LogP contribution in [0, 0.1) is 0 Å². The molecule has 1 aliphatic heterocycles. The molecule has 0 bridgehead atoms. The van der Waals surface area contributed by atoms with Crippen LogP contribution in [0.25, 0.3) is 0 Å². The zero-order valence-corrected chi connectivity index (χ0v) is 13.2. The largest absolute Gasteiger partial charge is 0.493 e.